The van der Waals surface area contributed by atoms with E-state index in [1.54, 1.807) is 24.5 Å². The van der Waals surface area contributed by atoms with E-state index in [2.05, 4.69) is 15.0 Å². The first-order valence-electron chi connectivity index (χ1n) is 5.38. The fraction of sp³-hybridized carbons (Fsp3) is 0.182. The smallest absolute Gasteiger partial charge is 0.223 e. The molecule has 19 heavy (non-hydrogen) atoms. The second kappa shape index (κ2) is 5.11. The average Bonchev–Trinajstić information content (AvgIpc) is 2.65. The van der Waals surface area contributed by atoms with Crippen LogP contribution in [-0.2, 0) is 0 Å². The van der Waals surface area contributed by atoms with E-state index in [1.165, 1.54) is 0 Å². The van der Waals surface area contributed by atoms with Crippen molar-refractivity contribution in [1.29, 1.82) is 0 Å². The molecule has 0 radical (unpaired) electrons. The van der Waals surface area contributed by atoms with E-state index in [9.17, 15) is 0 Å². The van der Waals surface area contributed by atoms with Crippen LogP contribution in [0.2, 0.25) is 0 Å². The third-order valence-electron chi connectivity index (χ3n) is 2.27. The van der Waals surface area contributed by atoms with Crippen molar-refractivity contribution in [2.45, 2.75) is 6.92 Å². The van der Waals surface area contributed by atoms with Crippen LogP contribution in [0.3, 0.4) is 0 Å². The number of fused-ring (bicyclic) bond motifs is 1. The van der Waals surface area contributed by atoms with Crippen molar-refractivity contribution < 1.29 is 4.74 Å². The number of aliphatic imine (C=N–C) groups is 2. The Morgan fingerprint density at radius 1 is 1.32 bits per heavy atom. The highest BCUT2D eigenvalue weighted by Crippen LogP contribution is 2.34. The summed E-state index contributed by atoms with van der Waals surface area (Å²) in [5.74, 6) is 0.389. The van der Waals surface area contributed by atoms with Gasteiger partial charge in [-0.3, -0.25) is 0 Å². The maximum absolute atomic E-state index is 5.61. The lowest BCUT2D eigenvalue weighted by Crippen LogP contribution is -2.26. The van der Waals surface area contributed by atoms with E-state index >= 15 is 0 Å². The summed E-state index contributed by atoms with van der Waals surface area (Å²) in [6.45, 7) is 1.94. The molecule has 0 bridgehead atoms. The summed E-state index contributed by atoms with van der Waals surface area (Å²) in [7, 11) is 1.55. The number of guanidine groups is 2. The van der Waals surface area contributed by atoms with Gasteiger partial charge in [-0.2, -0.15) is 4.99 Å². The van der Waals surface area contributed by atoms with Crippen molar-refractivity contribution in [2.75, 3.05) is 7.11 Å². The monoisotopic (exact) mass is 278 g/mol. The summed E-state index contributed by atoms with van der Waals surface area (Å²) in [5, 5.41) is 0.968. The molecule has 2 aromatic rings. The van der Waals surface area contributed by atoms with E-state index in [4.69, 9.17) is 21.9 Å². The van der Waals surface area contributed by atoms with Crippen LogP contribution in [0.15, 0.2) is 22.1 Å². The Labute approximate surface area is 113 Å². The third kappa shape index (κ3) is 2.91. The molecule has 7 nitrogen and oxygen atoms in total. The van der Waals surface area contributed by atoms with Crippen LogP contribution in [0.5, 0.6) is 5.75 Å². The molecule has 0 aliphatic heterocycles. The number of ether oxygens (including phenoxy) is 1. The zero-order valence-electron chi connectivity index (χ0n) is 10.5. The molecule has 0 saturated carbocycles. The number of thiazole rings is 1. The second-order valence-corrected chi connectivity index (χ2v) is 4.97. The van der Waals surface area contributed by atoms with Gasteiger partial charge in [0.1, 0.15) is 11.4 Å². The highest BCUT2D eigenvalue weighted by molar-refractivity contribution is 7.18. The molecule has 0 atom stereocenters. The molecule has 0 aliphatic carbocycles. The number of aryl methyl sites for hydroxylation is 1. The molecular weight excluding hydrogens is 264 g/mol. The molecule has 0 fully saturated rings. The molecule has 0 amide bonds. The predicted octanol–water partition coefficient (Wildman–Crippen LogP) is 0.833. The van der Waals surface area contributed by atoms with E-state index < -0.39 is 0 Å². The standard InChI is InChI=1S/C11H14N6OS/c1-5-15-7-3-8(18-2)6(4-9(7)19-5)16-11(14)17-10(12)13/h3-4H,1-2H3,(H6,12,13,14,16,17). The van der Waals surface area contributed by atoms with Gasteiger partial charge in [0.15, 0.2) is 5.96 Å². The summed E-state index contributed by atoms with van der Waals surface area (Å²) < 4.78 is 6.25. The fourth-order valence-corrected chi connectivity index (χ4v) is 2.43. The largest absolute Gasteiger partial charge is 0.494 e. The average molecular weight is 278 g/mol. The Hall–Kier alpha value is -2.35. The van der Waals surface area contributed by atoms with E-state index in [-0.39, 0.29) is 11.9 Å². The number of hydrogen-bond donors (Lipinski definition) is 3. The molecule has 2 rings (SSSR count). The van der Waals surface area contributed by atoms with Crippen LogP contribution in [0.4, 0.5) is 5.69 Å². The van der Waals surface area contributed by atoms with Crippen LogP contribution in [-0.4, -0.2) is 24.0 Å². The summed E-state index contributed by atoms with van der Waals surface area (Å²) in [5.41, 5.74) is 17.5. The molecule has 0 saturated heterocycles. The van der Waals surface area contributed by atoms with Crippen LogP contribution >= 0.6 is 11.3 Å². The zero-order chi connectivity index (χ0) is 14.0. The van der Waals surface area contributed by atoms with Gasteiger partial charge in [-0.25, -0.2) is 9.98 Å². The van der Waals surface area contributed by atoms with Crippen LogP contribution < -0.4 is 21.9 Å². The number of hydrogen-bond acceptors (Lipinski definition) is 4. The lowest BCUT2D eigenvalue weighted by atomic mass is 10.3. The van der Waals surface area contributed by atoms with Gasteiger partial charge >= 0.3 is 0 Å². The molecule has 100 valence electrons. The highest BCUT2D eigenvalue weighted by atomic mass is 32.1. The normalized spacial score (nSPS) is 11.6. The fourth-order valence-electron chi connectivity index (χ4n) is 1.59. The van der Waals surface area contributed by atoms with Gasteiger partial charge in [0.05, 0.1) is 22.3 Å². The van der Waals surface area contributed by atoms with Gasteiger partial charge in [0.2, 0.25) is 5.96 Å². The Bertz CT molecular complexity index is 671. The maximum Gasteiger partial charge on any atom is 0.223 e. The molecule has 1 aromatic heterocycles. The minimum atomic E-state index is -0.144. The minimum absolute atomic E-state index is 0.0288. The van der Waals surface area contributed by atoms with Gasteiger partial charge in [-0.1, -0.05) is 0 Å². The number of aromatic nitrogens is 1. The first-order chi connectivity index (χ1) is 8.99. The molecule has 1 aromatic carbocycles. The first-order valence-corrected chi connectivity index (χ1v) is 6.20. The van der Waals surface area contributed by atoms with Crippen molar-refractivity contribution >= 4 is 39.2 Å². The van der Waals surface area contributed by atoms with Crippen molar-refractivity contribution in [2.24, 2.45) is 27.2 Å². The Balaban J connectivity index is 2.55. The molecule has 0 aliphatic rings. The van der Waals surface area contributed by atoms with Gasteiger partial charge in [-0.15, -0.1) is 11.3 Å². The number of nitrogens with two attached hydrogens (primary N) is 3. The van der Waals surface area contributed by atoms with Crippen molar-refractivity contribution in [3.63, 3.8) is 0 Å². The van der Waals surface area contributed by atoms with Gasteiger partial charge in [-0.05, 0) is 13.0 Å². The number of benzene rings is 1. The van der Waals surface area contributed by atoms with Gasteiger partial charge in [0, 0.05) is 6.07 Å². The molecular formula is C11H14N6OS. The molecule has 1 heterocycles. The van der Waals surface area contributed by atoms with E-state index in [1.807, 2.05) is 13.0 Å². The Morgan fingerprint density at radius 3 is 2.68 bits per heavy atom. The first kappa shape index (κ1) is 13.1. The van der Waals surface area contributed by atoms with Crippen molar-refractivity contribution in [3.05, 3.63) is 17.1 Å². The molecule has 8 heteroatoms. The predicted molar refractivity (Wildman–Crippen MR) is 78.0 cm³/mol. The minimum Gasteiger partial charge on any atom is -0.494 e. The van der Waals surface area contributed by atoms with E-state index in [0.717, 1.165) is 15.2 Å². The SMILES string of the molecule is COc1cc2nc(C)sc2cc1N=C(N)N=C(N)N. The van der Waals surface area contributed by atoms with Crippen LogP contribution in [0.1, 0.15) is 5.01 Å². The molecule has 0 spiro atoms. The van der Waals surface area contributed by atoms with Crippen molar-refractivity contribution in [3.8, 4) is 5.75 Å². The Morgan fingerprint density at radius 2 is 2.05 bits per heavy atom. The molecule has 0 unspecified atom stereocenters. The number of nitrogens with zero attached hydrogens (tertiary/aromatic N) is 3. The van der Waals surface area contributed by atoms with Crippen LogP contribution in [0, 0.1) is 6.92 Å². The van der Waals surface area contributed by atoms with E-state index in [0.29, 0.717) is 11.4 Å². The number of rotatable bonds is 2. The maximum atomic E-state index is 5.61. The lowest BCUT2D eigenvalue weighted by Gasteiger charge is -2.04. The zero-order valence-corrected chi connectivity index (χ0v) is 11.4. The van der Waals surface area contributed by atoms with Crippen LogP contribution in [0.25, 0.3) is 10.2 Å². The summed E-state index contributed by atoms with van der Waals surface area (Å²) in [6, 6.07) is 3.65. The summed E-state index contributed by atoms with van der Waals surface area (Å²) in [4.78, 5) is 12.2. The summed E-state index contributed by atoms with van der Waals surface area (Å²) >= 11 is 1.56. The lowest BCUT2D eigenvalue weighted by molar-refractivity contribution is 0.416. The molecule has 6 N–H and O–H groups in total. The van der Waals surface area contributed by atoms with Gasteiger partial charge in [0.25, 0.3) is 0 Å². The second-order valence-electron chi connectivity index (χ2n) is 3.73. The third-order valence-corrected chi connectivity index (χ3v) is 3.21. The topological polar surface area (TPSA) is 125 Å². The highest BCUT2D eigenvalue weighted by Gasteiger charge is 2.08. The quantitative estimate of drug-likeness (QED) is 0.554. The summed E-state index contributed by atoms with van der Waals surface area (Å²) in [6.07, 6.45) is 0. The number of methoxy groups -OCH3 is 1. The van der Waals surface area contributed by atoms with Crippen molar-refractivity contribution in [1.82, 2.24) is 4.98 Å². The van der Waals surface area contributed by atoms with Gasteiger partial charge < -0.3 is 21.9 Å². The Kier molecular flexibility index (Phi) is 3.52.